The molecule has 1 aliphatic heterocycles. The first-order valence-electron chi connectivity index (χ1n) is 4.99. The fourth-order valence-electron chi connectivity index (χ4n) is 1.31. The topological polar surface area (TPSA) is 46.6 Å². The van der Waals surface area contributed by atoms with E-state index < -0.39 is 10.1 Å². The molecule has 6 heteroatoms. The molecule has 0 aromatic rings. The lowest BCUT2D eigenvalue weighted by Gasteiger charge is -2.17. The first kappa shape index (κ1) is 12.9. The summed E-state index contributed by atoms with van der Waals surface area (Å²) in [6, 6.07) is 0. The fraction of sp³-hybridized carbons (Fsp3) is 0.778. The molecule has 0 atom stereocenters. The number of nitrogens with zero attached hydrogens (tertiary/aromatic N) is 1. The summed E-state index contributed by atoms with van der Waals surface area (Å²) in [5.74, 6) is 0.953. The Balaban J connectivity index is 2.67. The molecular formula is C9H17NO3S2. The Kier molecular flexibility index (Phi) is 4.95. The molecule has 1 fully saturated rings. The Morgan fingerprint density at radius 1 is 1.60 bits per heavy atom. The lowest BCUT2D eigenvalue weighted by molar-refractivity contribution is 0.387. The number of hydrogen-bond acceptors (Lipinski definition) is 5. The van der Waals surface area contributed by atoms with Crippen LogP contribution in [0.2, 0.25) is 0 Å². The largest absolute Gasteiger partial charge is 0.365 e. The second-order valence-corrected chi connectivity index (χ2v) is 5.97. The van der Waals surface area contributed by atoms with E-state index in [2.05, 4.69) is 16.0 Å². The molecule has 1 aliphatic rings. The van der Waals surface area contributed by atoms with Gasteiger partial charge in [0.15, 0.2) is 0 Å². The highest BCUT2D eigenvalue weighted by Crippen LogP contribution is 2.28. The number of thioether (sulfide) groups is 1. The van der Waals surface area contributed by atoms with E-state index in [0.717, 1.165) is 36.7 Å². The van der Waals surface area contributed by atoms with Crippen molar-refractivity contribution in [1.82, 2.24) is 4.90 Å². The van der Waals surface area contributed by atoms with Crippen LogP contribution in [0.1, 0.15) is 19.8 Å². The highest BCUT2D eigenvalue weighted by atomic mass is 32.2. The van der Waals surface area contributed by atoms with Gasteiger partial charge in [-0.3, -0.25) is 4.18 Å². The third-order valence-corrected chi connectivity index (χ3v) is 4.37. The van der Waals surface area contributed by atoms with Crippen molar-refractivity contribution in [3.8, 4) is 0 Å². The summed E-state index contributed by atoms with van der Waals surface area (Å²) >= 11 is 1.57. The van der Waals surface area contributed by atoms with Gasteiger partial charge in [-0.15, -0.1) is 11.8 Å². The van der Waals surface area contributed by atoms with Crippen LogP contribution < -0.4 is 0 Å². The maximum absolute atomic E-state index is 11.2. The lowest BCUT2D eigenvalue weighted by Crippen LogP contribution is -2.20. The first-order chi connectivity index (χ1) is 7.09. The lowest BCUT2D eigenvalue weighted by atomic mass is 10.3. The monoisotopic (exact) mass is 251 g/mol. The van der Waals surface area contributed by atoms with E-state index in [4.69, 9.17) is 0 Å². The molecule has 4 nitrogen and oxygen atoms in total. The third-order valence-electron chi connectivity index (χ3n) is 2.18. The highest BCUT2D eigenvalue weighted by molar-refractivity contribution is 8.04. The van der Waals surface area contributed by atoms with Gasteiger partial charge < -0.3 is 4.90 Å². The zero-order valence-corrected chi connectivity index (χ0v) is 10.7. The van der Waals surface area contributed by atoms with E-state index in [1.807, 2.05) is 0 Å². The van der Waals surface area contributed by atoms with Crippen molar-refractivity contribution in [1.29, 1.82) is 0 Å². The average Bonchev–Trinajstić information content (AvgIpc) is 2.62. The summed E-state index contributed by atoms with van der Waals surface area (Å²) in [5.41, 5.74) is 0. The Bertz CT molecular complexity index is 324. The van der Waals surface area contributed by atoms with Crippen LogP contribution in [0.15, 0.2) is 10.4 Å². The zero-order chi connectivity index (χ0) is 11.3. The molecule has 0 amide bonds. The summed E-state index contributed by atoms with van der Waals surface area (Å²) in [6.07, 6.45) is 2.20. The van der Waals surface area contributed by atoms with Crippen molar-refractivity contribution in [2.24, 2.45) is 0 Å². The average molecular weight is 251 g/mol. The molecule has 88 valence electrons. The molecule has 0 aromatic carbocycles. The second kappa shape index (κ2) is 5.77. The van der Waals surface area contributed by atoms with E-state index >= 15 is 0 Å². The van der Waals surface area contributed by atoms with Gasteiger partial charge in [0.05, 0.1) is 17.5 Å². The van der Waals surface area contributed by atoms with Gasteiger partial charge in [0.25, 0.3) is 10.1 Å². The van der Waals surface area contributed by atoms with Crippen LogP contribution in [-0.2, 0) is 14.3 Å². The van der Waals surface area contributed by atoms with Crippen molar-refractivity contribution in [2.45, 2.75) is 19.8 Å². The molecule has 15 heavy (non-hydrogen) atoms. The summed E-state index contributed by atoms with van der Waals surface area (Å²) in [6.45, 7) is 3.98. The van der Waals surface area contributed by atoms with E-state index in [1.54, 1.807) is 11.8 Å². The molecule has 0 aliphatic carbocycles. The third kappa shape index (κ3) is 4.04. The molecule has 1 heterocycles. The maximum Gasteiger partial charge on any atom is 0.292 e. The zero-order valence-electron chi connectivity index (χ0n) is 9.10. The number of hydrogen-bond donors (Lipinski definition) is 0. The number of rotatable bonds is 5. The molecule has 1 rings (SSSR count). The van der Waals surface area contributed by atoms with Crippen molar-refractivity contribution < 1.29 is 12.6 Å². The summed E-state index contributed by atoms with van der Waals surface area (Å²) in [7, 11) is -2.30. The second-order valence-electron chi connectivity index (χ2n) is 3.30. The van der Waals surface area contributed by atoms with Crippen LogP contribution in [0.3, 0.4) is 0 Å². The van der Waals surface area contributed by atoms with Crippen LogP contribution in [0.5, 0.6) is 0 Å². The molecule has 0 N–H and O–H groups in total. The maximum atomic E-state index is 11.2. The number of unbranched alkanes of at least 4 members (excludes halogenated alkanes) is 1. The minimum atomic E-state index is -3.49. The molecule has 0 saturated carbocycles. The Hall–Kier alpha value is -0.200. The van der Waals surface area contributed by atoms with Gasteiger partial charge in [0.1, 0.15) is 0 Å². The van der Waals surface area contributed by atoms with Crippen molar-refractivity contribution in [2.75, 3.05) is 26.0 Å². The van der Waals surface area contributed by atoms with Crippen LogP contribution >= 0.6 is 11.8 Å². The van der Waals surface area contributed by atoms with Crippen molar-refractivity contribution in [3.63, 3.8) is 0 Å². The van der Waals surface area contributed by atoms with Gasteiger partial charge in [-0.1, -0.05) is 13.3 Å². The predicted molar refractivity (Wildman–Crippen MR) is 63.0 cm³/mol. The molecular weight excluding hydrogens is 234 g/mol. The molecule has 0 aromatic heterocycles. The normalized spacial score (nSPS) is 20.1. The van der Waals surface area contributed by atoms with Crippen LogP contribution in [0, 0.1) is 0 Å². The molecule has 0 unspecified atom stereocenters. The van der Waals surface area contributed by atoms with Gasteiger partial charge in [0, 0.05) is 18.8 Å². The van der Waals surface area contributed by atoms with Crippen LogP contribution in [-0.4, -0.2) is 39.3 Å². The van der Waals surface area contributed by atoms with Gasteiger partial charge in [-0.2, -0.15) is 8.42 Å². The summed E-state index contributed by atoms with van der Waals surface area (Å²) in [4.78, 5) is 2.10. The van der Waals surface area contributed by atoms with Gasteiger partial charge in [-0.25, -0.2) is 0 Å². The van der Waals surface area contributed by atoms with E-state index in [0.29, 0.717) is 0 Å². The highest BCUT2D eigenvalue weighted by Gasteiger charge is 2.19. The molecule has 1 saturated heterocycles. The van der Waals surface area contributed by atoms with E-state index in [9.17, 15) is 8.42 Å². The van der Waals surface area contributed by atoms with Gasteiger partial charge >= 0.3 is 0 Å². The standard InChI is InChI=1S/C9H17NO3S2/c1-3-4-5-10-6-7-14-9(10)8-15(11,12)13-2/h8H,3-7H2,1-2H3/b9-8-. The molecule has 0 spiro atoms. The Morgan fingerprint density at radius 3 is 2.93 bits per heavy atom. The summed E-state index contributed by atoms with van der Waals surface area (Å²) in [5, 5.41) is 2.03. The minimum absolute atomic E-state index is 0.810. The van der Waals surface area contributed by atoms with E-state index in [1.165, 1.54) is 12.5 Å². The Morgan fingerprint density at radius 2 is 2.33 bits per heavy atom. The predicted octanol–water partition coefficient (Wildman–Crippen LogP) is 1.61. The van der Waals surface area contributed by atoms with E-state index in [-0.39, 0.29) is 0 Å². The van der Waals surface area contributed by atoms with Crippen LogP contribution in [0.4, 0.5) is 0 Å². The minimum Gasteiger partial charge on any atom is -0.365 e. The van der Waals surface area contributed by atoms with Gasteiger partial charge in [-0.05, 0) is 6.42 Å². The first-order valence-corrected chi connectivity index (χ1v) is 7.45. The van der Waals surface area contributed by atoms with Crippen molar-refractivity contribution >= 4 is 21.9 Å². The molecule has 0 bridgehead atoms. The SMILES string of the molecule is CCCCN1CCS/C1=C\S(=O)(=O)OC. The quantitative estimate of drug-likeness (QED) is 0.695. The smallest absolute Gasteiger partial charge is 0.292 e. The fourth-order valence-corrected chi connectivity index (χ4v) is 3.32. The van der Waals surface area contributed by atoms with Gasteiger partial charge in [0.2, 0.25) is 0 Å². The Labute approximate surface area is 95.8 Å². The van der Waals surface area contributed by atoms with Crippen LogP contribution in [0.25, 0.3) is 0 Å². The summed E-state index contributed by atoms with van der Waals surface area (Å²) < 4.78 is 26.9. The van der Waals surface area contributed by atoms with Crippen molar-refractivity contribution in [3.05, 3.63) is 10.4 Å². The molecule has 0 radical (unpaired) electrons.